The van der Waals surface area contributed by atoms with E-state index in [9.17, 15) is 4.79 Å². The summed E-state index contributed by atoms with van der Waals surface area (Å²) in [6, 6.07) is 12.2. The Morgan fingerprint density at radius 2 is 2.12 bits per heavy atom. The van der Waals surface area contributed by atoms with Crippen LogP contribution in [-0.4, -0.2) is 28.6 Å². The van der Waals surface area contributed by atoms with Crippen LogP contribution in [-0.2, 0) is 24.3 Å². The molecule has 0 unspecified atom stereocenters. The maximum absolute atomic E-state index is 12.7. The third-order valence-electron chi connectivity index (χ3n) is 4.81. The summed E-state index contributed by atoms with van der Waals surface area (Å²) in [5.74, 6) is 1.35. The van der Waals surface area contributed by atoms with Crippen molar-refractivity contribution in [1.82, 2.24) is 15.4 Å². The van der Waals surface area contributed by atoms with Gasteiger partial charge in [-0.3, -0.25) is 9.69 Å². The summed E-state index contributed by atoms with van der Waals surface area (Å²) in [4.78, 5) is 15.0. The molecule has 1 N–H and O–H groups in total. The number of hydrogen-bond donors (Lipinski definition) is 1. The molecular weight excluding hydrogens is 326 g/mol. The van der Waals surface area contributed by atoms with Crippen LogP contribution in [0.3, 0.4) is 0 Å². The largest absolute Gasteiger partial charge is 0.359 e. The second kappa shape index (κ2) is 8.99. The lowest BCUT2D eigenvalue weighted by molar-refractivity contribution is -0.128. The maximum atomic E-state index is 12.7. The average Bonchev–Trinajstić information content (AvgIpc) is 3.08. The summed E-state index contributed by atoms with van der Waals surface area (Å²) in [5, 5.41) is 7.12. The Kier molecular flexibility index (Phi) is 6.45. The van der Waals surface area contributed by atoms with Gasteiger partial charge in [-0.05, 0) is 37.3 Å². The first-order valence-corrected chi connectivity index (χ1v) is 9.62. The zero-order chi connectivity index (χ0) is 18.4. The molecule has 1 aliphatic rings. The highest BCUT2D eigenvalue weighted by Gasteiger charge is 2.28. The highest BCUT2D eigenvalue weighted by molar-refractivity contribution is 5.81. The Labute approximate surface area is 155 Å². The van der Waals surface area contributed by atoms with Crippen molar-refractivity contribution in [2.75, 3.05) is 6.54 Å². The Morgan fingerprint density at radius 1 is 1.31 bits per heavy atom. The average molecular weight is 355 g/mol. The molecule has 5 nitrogen and oxygen atoms in total. The number of amides is 1. The van der Waals surface area contributed by atoms with Crippen molar-refractivity contribution in [1.29, 1.82) is 0 Å². The molecule has 3 rings (SSSR count). The minimum Gasteiger partial charge on any atom is -0.359 e. The van der Waals surface area contributed by atoms with Crippen LogP contribution in [0.5, 0.6) is 0 Å². The summed E-state index contributed by atoms with van der Waals surface area (Å²) in [6.45, 7) is 6.49. The first-order chi connectivity index (χ1) is 12.6. The van der Waals surface area contributed by atoms with Crippen LogP contribution in [0.2, 0.25) is 0 Å². The lowest BCUT2D eigenvalue weighted by Gasteiger charge is -2.34. The molecule has 0 aliphatic carbocycles. The number of benzene rings is 1. The predicted molar refractivity (Wildman–Crippen MR) is 101 cm³/mol. The molecule has 140 valence electrons. The van der Waals surface area contributed by atoms with Crippen molar-refractivity contribution in [3.05, 3.63) is 53.4 Å². The standard InChI is InChI=1S/C21H29N3O2/c1-16(2)12-18-13-19(26-23-18)14-22-21(25)20-10-6-7-11-24(20)15-17-8-4-3-5-9-17/h3-5,8-9,13,16,20H,6-7,10-12,14-15H2,1-2H3,(H,22,25)/t20-/m1/s1. The fourth-order valence-corrected chi connectivity index (χ4v) is 3.54. The first kappa shape index (κ1) is 18.6. The first-order valence-electron chi connectivity index (χ1n) is 9.62. The monoisotopic (exact) mass is 355 g/mol. The smallest absolute Gasteiger partial charge is 0.237 e. The van der Waals surface area contributed by atoms with Crippen LogP contribution in [0, 0.1) is 5.92 Å². The quantitative estimate of drug-likeness (QED) is 0.825. The molecule has 0 spiro atoms. The SMILES string of the molecule is CC(C)Cc1cc(CNC(=O)[C@H]2CCCCN2Cc2ccccc2)on1. The van der Waals surface area contributed by atoms with Crippen molar-refractivity contribution in [3.63, 3.8) is 0 Å². The second-order valence-electron chi connectivity index (χ2n) is 7.57. The number of nitrogens with one attached hydrogen (secondary N) is 1. The third kappa shape index (κ3) is 5.18. The van der Waals surface area contributed by atoms with Gasteiger partial charge in [0.25, 0.3) is 0 Å². The van der Waals surface area contributed by atoms with E-state index in [1.165, 1.54) is 5.56 Å². The third-order valence-corrected chi connectivity index (χ3v) is 4.81. The minimum atomic E-state index is -0.0676. The van der Waals surface area contributed by atoms with Crippen molar-refractivity contribution in [3.8, 4) is 0 Å². The van der Waals surface area contributed by atoms with Gasteiger partial charge in [-0.25, -0.2) is 0 Å². The van der Waals surface area contributed by atoms with Crippen LogP contribution >= 0.6 is 0 Å². The van der Waals surface area contributed by atoms with Crippen LogP contribution in [0.4, 0.5) is 0 Å². The number of hydrogen-bond acceptors (Lipinski definition) is 4. The summed E-state index contributed by atoms with van der Waals surface area (Å²) in [6.07, 6.45) is 4.06. The lowest BCUT2D eigenvalue weighted by atomic mass is 10.0. The molecule has 1 atom stereocenters. The molecule has 26 heavy (non-hydrogen) atoms. The number of likely N-dealkylation sites (tertiary alicyclic amines) is 1. The van der Waals surface area contributed by atoms with E-state index in [0.717, 1.165) is 50.2 Å². The Morgan fingerprint density at radius 3 is 2.88 bits per heavy atom. The van der Waals surface area contributed by atoms with Gasteiger partial charge in [0, 0.05) is 12.6 Å². The van der Waals surface area contributed by atoms with Crippen molar-refractivity contribution < 1.29 is 9.32 Å². The fraction of sp³-hybridized carbons (Fsp3) is 0.524. The zero-order valence-corrected chi connectivity index (χ0v) is 15.8. The Bertz CT molecular complexity index is 696. The summed E-state index contributed by atoms with van der Waals surface area (Å²) in [5.41, 5.74) is 2.20. The van der Waals surface area contributed by atoms with Crippen LogP contribution < -0.4 is 5.32 Å². The molecule has 1 fully saturated rings. The molecule has 1 aliphatic heterocycles. The number of carbonyl (C=O) groups is 1. The van der Waals surface area contributed by atoms with E-state index in [0.29, 0.717) is 12.5 Å². The van der Waals surface area contributed by atoms with Crippen LogP contribution in [0.25, 0.3) is 0 Å². The van der Waals surface area contributed by atoms with Crippen molar-refractivity contribution >= 4 is 5.91 Å². The number of carbonyl (C=O) groups excluding carboxylic acids is 1. The molecule has 0 radical (unpaired) electrons. The van der Waals surface area contributed by atoms with Crippen LogP contribution in [0.15, 0.2) is 40.9 Å². The van der Waals surface area contributed by atoms with E-state index < -0.39 is 0 Å². The number of aromatic nitrogens is 1. The zero-order valence-electron chi connectivity index (χ0n) is 15.8. The second-order valence-corrected chi connectivity index (χ2v) is 7.57. The molecule has 1 aromatic carbocycles. The number of nitrogens with zero attached hydrogens (tertiary/aromatic N) is 2. The van der Waals surface area contributed by atoms with E-state index in [1.807, 2.05) is 24.3 Å². The summed E-state index contributed by atoms with van der Waals surface area (Å²) >= 11 is 0. The van der Waals surface area contributed by atoms with Crippen LogP contribution in [0.1, 0.15) is 50.1 Å². The number of piperidine rings is 1. The molecule has 2 heterocycles. The molecule has 1 amide bonds. The molecule has 0 saturated carbocycles. The van der Waals surface area contributed by atoms with E-state index in [2.05, 4.69) is 41.4 Å². The Hall–Kier alpha value is -2.14. The molecule has 2 aromatic rings. The van der Waals surface area contributed by atoms with Gasteiger partial charge in [0.2, 0.25) is 5.91 Å². The Balaban J connectivity index is 1.55. The summed E-state index contributed by atoms with van der Waals surface area (Å²) in [7, 11) is 0. The van der Waals surface area contributed by atoms with Crippen molar-refractivity contribution in [2.45, 2.75) is 58.7 Å². The fourth-order valence-electron chi connectivity index (χ4n) is 3.54. The molecule has 5 heteroatoms. The topological polar surface area (TPSA) is 58.4 Å². The molecule has 1 aromatic heterocycles. The van der Waals surface area contributed by atoms with Gasteiger partial charge in [-0.2, -0.15) is 0 Å². The highest BCUT2D eigenvalue weighted by Crippen LogP contribution is 2.20. The van der Waals surface area contributed by atoms with E-state index in [-0.39, 0.29) is 11.9 Å². The van der Waals surface area contributed by atoms with Crippen molar-refractivity contribution in [2.24, 2.45) is 5.92 Å². The van der Waals surface area contributed by atoms with E-state index in [4.69, 9.17) is 4.52 Å². The van der Waals surface area contributed by atoms with E-state index in [1.54, 1.807) is 0 Å². The minimum absolute atomic E-state index is 0.0676. The lowest BCUT2D eigenvalue weighted by Crippen LogP contribution is -2.48. The summed E-state index contributed by atoms with van der Waals surface area (Å²) < 4.78 is 5.35. The van der Waals surface area contributed by atoms with Gasteiger partial charge >= 0.3 is 0 Å². The van der Waals surface area contributed by atoms with Gasteiger partial charge in [0.15, 0.2) is 5.76 Å². The normalized spacial score (nSPS) is 18.2. The van der Waals surface area contributed by atoms with Gasteiger partial charge in [-0.1, -0.05) is 55.8 Å². The number of rotatable bonds is 7. The maximum Gasteiger partial charge on any atom is 0.237 e. The van der Waals surface area contributed by atoms with Gasteiger partial charge in [0.1, 0.15) is 0 Å². The van der Waals surface area contributed by atoms with Gasteiger partial charge in [0.05, 0.1) is 18.3 Å². The molecule has 1 saturated heterocycles. The van der Waals surface area contributed by atoms with Gasteiger partial charge < -0.3 is 9.84 Å². The van der Waals surface area contributed by atoms with E-state index >= 15 is 0 Å². The predicted octanol–water partition coefficient (Wildman–Crippen LogP) is 3.54. The van der Waals surface area contributed by atoms with Gasteiger partial charge in [-0.15, -0.1) is 0 Å². The highest BCUT2D eigenvalue weighted by atomic mass is 16.5. The molecular formula is C21H29N3O2. The molecule has 0 bridgehead atoms.